The lowest BCUT2D eigenvalue weighted by Gasteiger charge is -2.13. The van der Waals surface area contributed by atoms with Crippen LogP contribution in [0.15, 0.2) is 30.3 Å². The Morgan fingerprint density at radius 3 is 2.61 bits per heavy atom. The van der Waals surface area contributed by atoms with E-state index >= 15 is 0 Å². The molecule has 6 heteroatoms. The molecule has 1 rings (SSSR count). The number of halogens is 1. The third-order valence-corrected chi connectivity index (χ3v) is 2.69. The van der Waals surface area contributed by atoms with Crippen LogP contribution in [-0.2, 0) is 11.2 Å². The average Bonchev–Trinajstić information content (AvgIpc) is 2.35. The van der Waals surface area contributed by atoms with Crippen LogP contribution < -0.4 is 16.2 Å². The highest BCUT2D eigenvalue weighted by atomic mass is 35.5. The number of rotatable bonds is 4. The number of nitrogens with one attached hydrogen (secondary N) is 3. The van der Waals surface area contributed by atoms with E-state index in [9.17, 15) is 4.79 Å². The summed E-state index contributed by atoms with van der Waals surface area (Å²) in [6.07, 6.45) is 0.762. The van der Waals surface area contributed by atoms with Gasteiger partial charge in [-0.3, -0.25) is 15.6 Å². The molecule has 0 saturated carbocycles. The lowest BCUT2D eigenvalue weighted by molar-refractivity contribution is -0.119. The van der Waals surface area contributed by atoms with Gasteiger partial charge in [0.25, 0.3) is 0 Å². The number of hydrogen-bond acceptors (Lipinski definition) is 2. The number of carbonyl (C=O) groups is 1. The van der Waals surface area contributed by atoms with Crippen LogP contribution in [0.25, 0.3) is 0 Å². The Hall–Kier alpha value is -1.33. The van der Waals surface area contributed by atoms with Crippen molar-refractivity contribution in [1.82, 2.24) is 16.2 Å². The van der Waals surface area contributed by atoms with E-state index in [1.54, 1.807) is 0 Å². The first-order chi connectivity index (χ1) is 8.58. The maximum absolute atomic E-state index is 10.6. The van der Waals surface area contributed by atoms with Crippen molar-refractivity contribution in [3.8, 4) is 0 Å². The van der Waals surface area contributed by atoms with E-state index < -0.39 is 0 Å². The first-order valence-electron chi connectivity index (χ1n) is 5.56. The Kier molecular flexibility index (Phi) is 6.46. The maximum atomic E-state index is 10.6. The first kappa shape index (κ1) is 14.7. The zero-order valence-corrected chi connectivity index (χ0v) is 11.6. The summed E-state index contributed by atoms with van der Waals surface area (Å²) in [7, 11) is 0. The van der Waals surface area contributed by atoms with Gasteiger partial charge < -0.3 is 5.32 Å². The number of alkyl halides is 1. The van der Waals surface area contributed by atoms with Crippen LogP contribution in [0, 0.1) is 0 Å². The predicted molar refractivity (Wildman–Crippen MR) is 77.3 cm³/mol. The zero-order chi connectivity index (χ0) is 13.4. The van der Waals surface area contributed by atoms with Crippen LogP contribution >= 0.6 is 23.8 Å². The molecule has 0 aliphatic carbocycles. The van der Waals surface area contributed by atoms with Crippen molar-refractivity contribution in [2.45, 2.75) is 18.7 Å². The number of hydrogen-bond donors (Lipinski definition) is 3. The van der Waals surface area contributed by atoms with E-state index in [1.807, 2.05) is 30.3 Å². The molecule has 0 heterocycles. The first-order valence-corrected chi connectivity index (χ1v) is 6.41. The minimum absolute atomic E-state index is 0.0653. The van der Waals surface area contributed by atoms with Crippen molar-refractivity contribution in [2.75, 3.05) is 6.54 Å². The molecule has 0 fully saturated rings. The van der Waals surface area contributed by atoms with E-state index in [1.165, 1.54) is 12.5 Å². The van der Waals surface area contributed by atoms with Gasteiger partial charge in [-0.25, -0.2) is 0 Å². The number of thiocarbonyl (C=S) groups is 1. The second-order valence-corrected chi connectivity index (χ2v) is 4.83. The normalized spacial score (nSPS) is 11.4. The molecule has 0 aliphatic heterocycles. The minimum Gasteiger partial charge on any atom is -0.360 e. The van der Waals surface area contributed by atoms with Gasteiger partial charge in [-0.2, -0.15) is 0 Å². The van der Waals surface area contributed by atoms with Crippen LogP contribution in [0.3, 0.4) is 0 Å². The summed E-state index contributed by atoms with van der Waals surface area (Å²) in [4.78, 5) is 10.6. The van der Waals surface area contributed by atoms with Crippen LogP contribution in [-0.4, -0.2) is 22.9 Å². The topological polar surface area (TPSA) is 53.2 Å². The van der Waals surface area contributed by atoms with Gasteiger partial charge in [-0.15, -0.1) is 11.6 Å². The van der Waals surface area contributed by atoms with Gasteiger partial charge in [0.05, 0.1) is 5.38 Å². The van der Waals surface area contributed by atoms with Gasteiger partial charge in [0.2, 0.25) is 5.91 Å². The van der Waals surface area contributed by atoms with Crippen molar-refractivity contribution in [2.24, 2.45) is 0 Å². The predicted octanol–water partition coefficient (Wildman–Crippen LogP) is 1.35. The average molecular weight is 286 g/mol. The molecule has 0 saturated heterocycles. The van der Waals surface area contributed by atoms with Crippen molar-refractivity contribution < 1.29 is 4.79 Å². The number of benzene rings is 1. The highest BCUT2D eigenvalue weighted by Crippen LogP contribution is 2.06. The third-order valence-electron chi connectivity index (χ3n) is 2.14. The van der Waals surface area contributed by atoms with Crippen molar-refractivity contribution >= 4 is 34.8 Å². The monoisotopic (exact) mass is 285 g/mol. The van der Waals surface area contributed by atoms with Crippen molar-refractivity contribution in [3.05, 3.63) is 35.9 Å². The van der Waals surface area contributed by atoms with Gasteiger partial charge >= 0.3 is 0 Å². The molecule has 0 bridgehead atoms. The van der Waals surface area contributed by atoms with Gasteiger partial charge in [0.15, 0.2) is 5.11 Å². The number of carbonyl (C=O) groups excluding carboxylic acids is 1. The summed E-state index contributed by atoms with van der Waals surface area (Å²) in [6.45, 7) is 1.93. The molecule has 98 valence electrons. The summed E-state index contributed by atoms with van der Waals surface area (Å²) in [5, 5.41) is 3.22. The lowest BCUT2D eigenvalue weighted by atomic mass is 10.1. The highest BCUT2D eigenvalue weighted by Gasteiger charge is 2.06. The maximum Gasteiger partial charge on any atom is 0.235 e. The SMILES string of the molecule is CC(=O)NNC(=S)NC[C@H](Cl)Cc1ccccc1. The van der Waals surface area contributed by atoms with Gasteiger partial charge in [0, 0.05) is 13.5 Å². The van der Waals surface area contributed by atoms with Crippen LogP contribution in [0.5, 0.6) is 0 Å². The molecule has 18 heavy (non-hydrogen) atoms. The van der Waals surface area contributed by atoms with E-state index in [-0.39, 0.29) is 11.3 Å². The fourth-order valence-corrected chi connectivity index (χ4v) is 1.72. The van der Waals surface area contributed by atoms with Crippen LogP contribution in [0.1, 0.15) is 12.5 Å². The Bertz CT molecular complexity index is 400. The van der Waals surface area contributed by atoms with Crippen LogP contribution in [0.2, 0.25) is 0 Å². The summed E-state index contributed by atoms with van der Waals surface area (Å²) >= 11 is 11.1. The van der Waals surface area contributed by atoms with Gasteiger partial charge in [-0.1, -0.05) is 30.3 Å². The molecule has 0 aromatic heterocycles. The fraction of sp³-hybridized carbons (Fsp3) is 0.333. The summed E-state index contributed by atoms with van der Waals surface area (Å²) in [5.41, 5.74) is 6.13. The smallest absolute Gasteiger partial charge is 0.235 e. The molecule has 0 spiro atoms. The molecule has 3 N–H and O–H groups in total. The molecular formula is C12H16ClN3OS. The third kappa shape index (κ3) is 6.42. The molecule has 0 unspecified atom stereocenters. The number of hydrazine groups is 1. The summed E-state index contributed by atoms with van der Waals surface area (Å²) in [6, 6.07) is 9.99. The van der Waals surface area contributed by atoms with Gasteiger partial charge in [0.1, 0.15) is 0 Å². The largest absolute Gasteiger partial charge is 0.360 e. The minimum atomic E-state index is -0.203. The molecule has 1 atom stereocenters. The van der Waals surface area contributed by atoms with Gasteiger partial charge in [-0.05, 0) is 24.2 Å². The lowest BCUT2D eigenvalue weighted by Crippen LogP contribution is -2.47. The standard InChI is InChI=1S/C12H16ClN3OS/c1-9(17)15-16-12(18)14-8-11(13)7-10-5-3-2-4-6-10/h2-6,11H,7-8H2,1H3,(H,15,17)(H2,14,16,18)/t11-/m1/s1. The Morgan fingerprint density at radius 2 is 2.00 bits per heavy atom. The molecule has 0 aliphatic rings. The van der Waals surface area contributed by atoms with Crippen LogP contribution in [0.4, 0.5) is 0 Å². The second-order valence-electron chi connectivity index (χ2n) is 3.80. The molecule has 1 aromatic carbocycles. The summed E-state index contributed by atoms with van der Waals surface area (Å²) in [5.74, 6) is -0.203. The molecule has 1 amide bonds. The van der Waals surface area contributed by atoms with E-state index in [4.69, 9.17) is 23.8 Å². The number of amides is 1. The molecule has 4 nitrogen and oxygen atoms in total. The molecular weight excluding hydrogens is 270 g/mol. The highest BCUT2D eigenvalue weighted by molar-refractivity contribution is 7.80. The second kappa shape index (κ2) is 7.89. The Balaban J connectivity index is 2.22. The van der Waals surface area contributed by atoms with E-state index in [2.05, 4.69) is 16.2 Å². The van der Waals surface area contributed by atoms with Crippen molar-refractivity contribution in [1.29, 1.82) is 0 Å². The molecule has 1 aromatic rings. The Morgan fingerprint density at radius 1 is 1.33 bits per heavy atom. The van der Waals surface area contributed by atoms with E-state index in [0.29, 0.717) is 11.7 Å². The quantitative estimate of drug-likeness (QED) is 0.444. The zero-order valence-electron chi connectivity index (χ0n) is 10.1. The fourth-order valence-electron chi connectivity index (χ4n) is 1.33. The Labute approximate surface area is 117 Å². The summed E-state index contributed by atoms with van der Waals surface area (Å²) < 4.78 is 0. The van der Waals surface area contributed by atoms with E-state index in [0.717, 1.165) is 6.42 Å². The molecule has 0 radical (unpaired) electrons. The van der Waals surface area contributed by atoms with Crippen molar-refractivity contribution in [3.63, 3.8) is 0 Å².